The van der Waals surface area contributed by atoms with E-state index in [-0.39, 0.29) is 5.56 Å². The van der Waals surface area contributed by atoms with Gasteiger partial charge < -0.3 is 15.3 Å². The second kappa shape index (κ2) is 4.54. The molecule has 0 bridgehead atoms. The molecule has 4 nitrogen and oxygen atoms in total. The van der Waals surface area contributed by atoms with E-state index < -0.39 is 42.4 Å². The molecule has 3 atom stereocenters. The molecule has 2 rings (SSSR count). The minimum atomic E-state index is -3.37. The SMILES string of the molecule is O=C(O)[C@](O)(c1ccccc1)[C@@H]1C[C@@H](O)C(F)(F)C1. The second-order valence-corrected chi connectivity index (χ2v) is 4.85. The standard InChI is InChI=1S/C13H14F2O4/c14-12(15)7-9(6-10(12)16)13(19,11(17)18)8-4-2-1-3-5-8/h1-5,9-10,16,19H,6-7H2,(H,17,18)/t9-,10-,13+/m1/s1. The molecule has 1 aromatic carbocycles. The first-order chi connectivity index (χ1) is 8.78. The van der Waals surface area contributed by atoms with Gasteiger partial charge in [0.15, 0.2) is 5.60 Å². The molecular formula is C13H14F2O4. The number of carbonyl (C=O) groups is 1. The molecule has 0 radical (unpaired) electrons. The number of carboxylic acid groups (broad SMARTS) is 1. The van der Waals surface area contributed by atoms with E-state index in [2.05, 4.69) is 0 Å². The van der Waals surface area contributed by atoms with Crippen LogP contribution in [0.3, 0.4) is 0 Å². The van der Waals surface area contributed by atoms with Gasteiger partial charge in [0.1, 0.15) is 6.10 Å². The van der Waals surface area contributed by atoms with Gasteiger partial charge in [0.25, 0.3) is 5.92 Å². The number of hydrogen-bond acceptors (Lipinski definition) is 3. The Morgan fingerprint density at radius 1 is 1.32 bits per heavy atom. The summed E-state index contributed by atoms with van der Waals surface area (Å²) < 4.78 is 26.7. The van der Waals surface area contributed by atoms with Gasteiger partial charge in [-0.2, -0.15) is 0 Å². The number of rotatable bonds is 3. The molecule has 0 amide bonds. The molecular weight excluding hydrogens is 258 g/mol. The smallest absolute Gasteiger partial charge is 0.340 e. The fourth-order valence-electron chi connectivity index (χ4n) is 2.53. The van der Waals surface area contributed by atoms with Crippen molar-refractivity contribution in [3.63, 3.8) is 0 Å². The maximum atomic E-state index is 13.3. The van der Waals surface area contributed by atoms with Crippen molar-refractivity contribution in [3.05, 3.63) is 35.9 Å². The van der Waals surface area contributed by atoms with Gasteiger partial charge in [0.2, 0.25) is 0 Å². The second-order valence-electron chi connectivity index (χ2n) is 4.85. The van der Waals surface area contributed by atoms with Crippen LogP contribution in [-0.4, -0.2) is 33.3 Å². The van der Waals surface area contributed by atoms with Crippen LogP contribution < -0.4 is 0 Å². The van der Waals surface area contributed by atoms with E-state index >= 15 is 0 Å². The molecule has 0 spiro atoms. The third kappa shape index (κ3) is 2.21. The Balaban J connectivity index is 2.40. The minimum Gasteiger partial charge on any atom is -0.479 e. The quantitative estimate of drug-likeness (QED) is 0.776. The Hall–Kier alpha value is -1.53. The van der Waals surface area contributed by atoms with Gasteiger partial charge in [-0.15, -0.1) is 0 Å². The number of halogens is 2. The summed E-state index contributed by atoms with van der Waals surface area (Å²) in [5.41, 5.74) is -2.38. The van der Waals surface area contributed by atoms with Crippen LogP contribution in [0.2, 0.25) is 0 Å². The fourth-order valence-corrected chi connectivity index (χ4v) is 2.53. The highest BCUT2D eigenvalue weighted by molar-refractivity contribution is 5.79. The molecule has 3 N–H and O–H groups in total. The third-order valence-electron chi connectivity index (χ3n) is 3.64. The monoisotopic (exact) mass is 272 g/mol. The molecule has 1 saturated carbocycles. The Labute approximate surface area is 108 Å². The zero-order chi connectivity index (χ0) is 14.3. The summed E-state index contributed by atoms with van der Waals surface area (Å²) in [5.74, 6) is -6.20. The lowest BCUT2D eigenvalue weighted by Crippen LogP contribution is -2.42. The van der Waals surface area contributed by atoms with Crippen LogP contribution in [0.15, 0.2) is 30.3 Å². The largest absolute Gasteiger partial charge is 0.479 e. The molecule has 0 aliphatic heterocycles. The summed E-state index contributed by atoms with van der Waals surface area (Å²) in [7, 11) is 0. The number of hydrogen-bond donors (Lipinski definition) is 3. The summed E-state index contributed by atoms with van der Waals surface area (Å²) in [6.07, 6.45) is -3.23. The van der Waals surface area contributed by atoms with Gasteiger partial charge >= 0.3 is 5.97 Å². The number of aliphatic carboxylic acids is 1. The van der Waals surface area contributed by atoms with Crippen LogP contribution in [0, 0.1) is 5.92 Å². The number of aliphatic hydroxyl groups excluding tert-OH is 1. The van der Waals surface area contributed by atoms with E-state index in [1.807, 2.05) is 0 Å². The zero-order valence-corrected chi connectivity index (χ0v) is 9.96. The minimum absolute atomic E-state index is 0.0393. The summed E-state index contributed by atoms with van der Waals surface area (Å²) >= 11 is 0. The highest BCUT2D eigenvalue weighted by atomic mass is 19.3. The predicted molar refractivity (Wildman–Crippen MR) is 61.7 cm³/mol. The van der Waals surface area contributed by atoms with Crippen LogP contribution in [0.25, 0.3) is 0 Å². The molecule has 6 heteroatoms. The van der Waals surface area contributed by atoms with Crippen LogP contribution in [-0.2, 0) is 10.4 Å². The maximum absolute atomic E-state index is 13.3. The van der Waals surface area contributed by atoms with Crippen LogP contribution >= 0.6 is 0 Å². The number of alkyl halides is 2. The van der Waals surface area contributed by atoms with Crippen molar-refractivity contribution in [2.24, 2.45) is 5.92 Å². The summed E-state index contributed by atoms with van der Waals surface area (Å²) in [6.45, 7) is 0. The van der Waals surface area contributed by atoms with Gasteiger partial charge in [0.05, 0.1) is 0 Å². The van der Waals surface area contributed by atoms with Gasteiger partial charge in [0, 0.05) is 12.3 Å². The van der Waals surface area contributed by atoms with Crippen molar-refractivity contribution < 1.29 is 28.9 Å². The van der Waals surface area contributed by atoms with E-state index in [1.54, 1.807) is 6.07 Å². The highest BCUT2D eigenvalue weighted by Gasteiger charge is 2.58. The van der Waals surface area contributed by atoms with E-state index in [0.717, 1.165) is 0 Å². The number of carboxylic acids is 1. The van der Waals surface area contributed by atoms with Crippen molar-refractivity contribution in [2.75, 3.05) is 0 Å². The first-order valence-electron chi connectivity index (χ1n) is 5.85. The third-order valence-corrected chi connectivity index (χ3v) is 3.64. The Kier molecular flexibility index (Phi) is 3.32. The number of benzene rings is 1. The van der Waals surface area contributed by atoms with Gasteiger partial charge in [-0.25, -0.2) is 13.6 Å². The van der Waals surface area contributed by atoms with Crippen molar-refractivity contribution >= 4 is 5.97 Å². The first kappa shape index (κ1) is 13.9. The molecule has 1 fully saturated rings. The fraction of sp³-hybridized carbons (Fsp3) is 0.462. The number of aliphatic hydroxyl groups is 2. The van der Waals surface area contributed by atoms with E-state index in [0.29, 0.717) is 0 Å². The van der Waals surface area contributed by atoms with Crippen LogP contribution in [0.4, 0.5) is 8.78 Å². The molecule has 0 aromatic heterocycles. The van der Waals surface area contributed by atoms with E-state index in [4.69, 9.17) is 0 Å². The van der Waals surface area contributed by atoms with Gasteiger partial charge in [-0.3, -0.25) is 0 Å². The Morgan fingerprint density at radius 2 is 1.89 bits per heavy atom. The van der Waals surface area contributed by atoms with E-state index in [9.17, 15) is 28.9 Å². The lowest BCUT2D eigenvalue weighted by atomic mass is 9.80. The molecule has 19 heavy (non-hydrogen) atoms. The normalized spacial score (nSPS) is 28.8. The van der Waals surface area contributed by atoms with Crippen molar-refractivity contribution in [1.29, 1.82) is 0 Å². The lowest BCUT2D eigenvalue weighted by molar-refractivity contribution is -0.167. The topological polar surface area (TPSA) is 77.8 Å². The predicted octanol–water partition coefficient (Wildman–Crippen LogP) is 1.36. The van der Waals surface area contributed by atoms with Crippen molar-refractivity contribution in [3.8, 4) is 0 Å². The van der Waals surface area contributed by atoms with Crippen molar-refractivity contribution in [2.45, 2.75) is 30.5 Å². The summed E-state index contributed by atoms with van der Waals surface area (Å²) in [5, 5.41) is 28.9. The van der Waals surface area contributed by atoms with Crippen LogP contribution in [0.1, 0.15) is 18.4 Å². The Morgan fingerprint density at radius 3 is 2.32 bits per heavy atom. The molecule has 0 saturated heterocycles. The van der Waals surface area contributed by atoms with Gasteiger partial charge in [-0.05, 0) is 12.0 Å². The maximum Gasteiger partial charge on any atom is 0.340 e. The summed E-state index contributed by atoms with van der Waals surface area (Å²) in [6, 6.07) is 7.41. The van der Waals surface area contributed by atoms with Crippen LogP contribution in [0.5, 0.6) is 0 Å². The molecule has 1 aliphatic carbocycles. The lowest BCUT2D eigenvalue weighted by Gasteiger charge is -2.30. The van der Waals surface area contributed by atoms with Gasteiger partial charge in [-0.1, -0.05) is 30.3 Å². The zero-order valence-electron chi connectivity index (χ0n) is 9.96. The molecule has 0 unspecified atom stereocenters. The molecule has 0 heterocycles. The molecule has 104 valence electrons. The Bertz CT molecular complexity index is 477. The van der Waals surface area contributed by atoms with Crippen molar-refractivity contribution in [1.82, 2.24) is 0 Å². The molecule has 1 aromatic rings. The summed E-state index contributed by atoms with van der Waals surface area (Å²) in [4.78, 5) is 11.3. The van der Waals surface area contributed by atoms with E-state index in [1.165, 1.54) is 24.3 Å². The highest BCUT2D eigenvalue weighted by Crippen LogP contribution is 2.47. The molecule has 1 aliphatic rings. The average molecular weight is 272 g/mol. The average Bonchev–Trinajstić information content (AvgIpc) is 2.64. The first-order valence-corrected chi connectivity index (χ1v) is 5.85.